The molecule has 1 aliphatic heterocycles. The Balaban J connectivity index is 1.69. The summed E-state index contributed by atoms with van der Waals surface area (Å²) >= 11 is 0. The monoisotopic (exact) mass is 438 g/mol. The van der Waals surface area contributed by atoms with Gasteiger partial charge in [-0.2, -0.15) is 10.1 Å². The third-order valence-electron chi connectivity index (χ3n) is 5.25. The van der Waals surface area contributed by atoms with Gasteiger partial charge >= 0.3 is 5.97 Å². The highest BCUT2D eigenvalue weighted by Crippen LogP contribution is 2.39. The van der Waals surface area contributed by atoms with Crippen LogP contribution >= 0.6 is 0 Å². The highest BCUT2D eigenvalue weighted by atomic mass is 19.1. The van der Waals surface area contributed by atoms with Gasteiger partial charge in [0.05, 0.1) is 12.7 Å². The number of carbonyl (C=O) groups is 1. The summed E-state index contributed by atoms with van der Waals surface area (Å²) in [6.45, 7) is 3.87. The van der Waals surface area contributed by atoms with Crippen molar-refractivity contribution in [2.24, 2.45) is 0 Å². The summed E-state index contributed by atoms with van der Waals surface area (Å²) in [6, 6.07) is 10.6. The molecule has 0 radical (unpaired) electrons. The van der Waals surface area contributed by atoms with E-state index in [4.69, 9.17) is 9.47 Å². The molecule has 1 aliphatic rings. The van der Waals surface area contributed by atoms with Gasteiger partial charge in [0.1, 0.15) is 18.5 Å². The molecule has 2 heterocycles. The summed E-state index contributed by atoms with van der Waals surface area (Å²) in [7, 11) is 1.52. The average Bonchev–Trinajstić information content (AvgIpc) is 3.20. The number of hydrogen-bond acceptors (Lipinski definition) is 6. The molecule has 2 N–H and O–H groups in total. The Morgan fingerprint density at radius 2 is 1.97 bits per heavy atom. The second kappa shape index (κ2) is 8.70. The standard InChI is InChI=1S/C23H23FN4O4/c1-4-19-26-23-25-13(2)20(22(29)30)21(28(23)27-19)15-7-10-17(18(11-15)31-3)32-12-14-5-8-16(24)9-6-14/h5-11,21H,4,12H2,1-3H3,(H,29,30)(H,25,26,27). The van der Waals surface area contributed by atoms with Crippen molar-refractivity contribution in [1.29, 1.82) is 0 Å². The molecule has 0 saturated heterocycles. The quantitative estimate of drug-likeness (QED) is 0.576. The van der Waals surface area contributed by atoms with Crippen LogP contribution in [-0.4, -0.2) is 33.0 Å². The second-order valence-electron chi connectivity index (χ2n) is 7.35. The van der Waals surface area contributed by atoms with Crippen LogP contribution in [0.25, 0.3) is 0 Å². The molecule has 4 rings (SSSR count). The minimum absolute atomic E-state index is 0.173. The largest absolute Gasteiger partial charge is 0.493 e. The van der Waals surface area contributed by atoms with Crippen LogP contribution in [0.1, 0.15) is 36.8 Å². The molecule has 2 aromatic carbocycles. The van der Waals surface area contributed by atoms with Gasteiger partial charge in [0.25, 0.3) is 0 Å². The maximum atomic E-state index is 13.1. The van der Waals surface area contributed by atoms with E-state index in [-0.39, 0.29) is 18.0 Å². The predicted octanol–water partition coefficient (Wildman–Crippen LogP) is 3.94. The molecule has 0 bridgehead atoms. The summed E-state index contributed by atoms with van der Waals surface area (Å²) in [5.41, 5.74) is 2.15. The zero-order chi connectivity index (χ0) is 22.8. The van der Waals surface area contributed by atoms with Crippen molar-refractivity contribution < 1.29 is 23.8 Å². The molecule has 0 amide bonds. The summed E-state index contributed by atoms with van der Waals surface area (Å²) in [6.07, 6.45) is 0.620. The van der Waals surface area contributed by atoms with Crippen molar-refractivity contribution in [3.63, 3.8) is 0 Å². The van der Waals surface area contributed by atoms with E-state index in [9.17, 15) is 14.3 Å². The molecule has 0 spiro atoms. The molecule has 1 atom stereocenters. The number of nitrogens with zero attached hydrogens (tertiary/aromatic N) is 3. The fraction of sp³-hybridized carbons (Fsp3) is 0.261. The molecule has 0 aliphatic carbocycles. The Hall–Kier alpha value is -3.88. The van der Waals surface area contributed by atoms with E-state index < -0.39 is 12.0 Å². The van der Waals surface area contributed by atoms with Gasteiger partial charge in [-0.05, 0) is 42.3 Å². The summed E-state index contributed by atoms with van der Waals surface area (Å²) in [5.74, 6) is 0.680. The Labute approximate surface area is 184 Å². The fourth-order valence-corrected chi connectivity index (χ4v) is 3.65. The van der Waals surface area contributed by atoms with Crippen LogP contribution in [0.4, 0.5) is 10.3 Å². The van der Waals surface area contributed by atoms with E-state index in [1.165, 1.54) is 19.2 Å². The first-order valence-corrected chi connectivity index (χ1v) is 10.1. The predicted molar refractivity (Wildman–Crippen MR) is 115 cm³/mol. The van der Waals surface area contributed by atoms with E-state index in [2.05, 4.69) is 15.4 Å². The molecule has 0 saturated carbocycles. The van der Waals surface area contributed by atoms with Crippen LogP contribution in [-0.2, 0) is 17.8 Å². The number of allylic oxidation sites excluding steroid dienone is 1. The van der Waals surface area contributed by atoms with Crippen molar-refractivity contribution in [3.8, 4) is 11.5 Å². The van der Waals surface area contributed by atoms with Crippen molar-refractivity contribution >= 4 is 11.9 Å². The number of hydrogen-bond donors (Lipinski definition) is 2. The molecule has 9 heteroatoms. The Morgan fingerprint density at radius 1 is 1.22 bits per heavy atom. The molecular weight excluding hydrogens is 415 g/mol. The second-order valence-corrected chi connectivity index (χ2v) is 7.35. The number of halogens is 1. The first-order valence-electron chi connectivity index (χ1n) is 10.1. The summed E-state index contributed by atoms with van der Waals surface area (Å²) < 4.78 is 26.1. The van der Waals surface area contributed by atoms with Crippen LogP contribution in [0.3, 0.4) is 0 Å². The van der Waals surface area contributed by atoms with Crippen molar-refractivity contribution in [3.05, 3.63) is 76.5 Å². The number of fused-ring (bicyclic) bond motifs is 1. The number of nitrogens with one attached hydrogen (secondary N) is 1. The van der Waals surface area contributed by atoms with E-state index in [1.807, 2.05) is 6.92 Å². The maximum absolute atomic E-state index is 13.1. The zero-order valence-corrected chi connectivity index (χ0v) is 17.9. The van der Waals surface area contributed by atoms with Gasteiger partial charge in [-0.15, -0.1) is 0 Å². The summed E-state index contributed by atoms with van der Waals surface area (Å²) in [5, 5.41) is 17.4. The zero-order valence-electron chi connectivity index (χ0n) is 17.9. The topological polar surface area (TPSA) is 98.5 Å². The number of ether oxygens (including phenoxy) is 2. The summed E-state index contributed by atoms with van der Waals surface area (Å²) in [4.78, 5) is 16.5. The number of anilines is 1. The van der Waals surface area contributed by atoms with Crippen molar-refractivity contribution in [2.75, 3.05) is 12.4 Å². The number of aliphatic carboxylic acids is 1. The number of benzene rings is 2. The molecule has 166 valence electrons. The van der Waals surface area contributed by atoms with Gasteiger partial charge in [0.2, 0.25) is 5.95 Å². The van der Waals surface area contributed by atoms with Gasteiger partial charge in [-0.25, -0.2) is 13.9 Å². The van der Waals surface area contributed by atoms with Gasteiger partial charge in [-0.3, -0.25) is 0 Å². The maximum Gasteiger partial charge on any atom is 0.335 e. The van der Waals surface area contributed by atoms with Crippen molar-refractivity contribution in [1.82, 2.24) is 14.8 Å². The van der Waals surface area contributed by atoms with E-state index in [1.54, 1.807) is 41.9 Å². The Bertz CT molecular complexity index is 1190. The highest BCUT2D eigenvalue weighted by molar-refractivity contribution is 5.90. The lowest BCUT2D eigenvalue weighted by molar-refractivity contribution is -0.133. The van der Waals surface area contributed by atoms with E-state index in [0.29, 0.717) is 41.0 Å². The van der Waals surface area contributed by atoms with Crippen LogP contribution in [0, 0.1) is 5.82 Å². The average molecular weight is 438 g/mol. The van der Waals surface area contributed by atoms with Crippen LogP contribution in [0.2, 0.25) is 0 Å². The first-order chi connectivity index (χ1) is 15.4. The number of carboxylic acid groups (broad SMARTS) is 1. The molecule has 1 unspecified atom stereocenters. The number of methoxy groups -OCH3 is 1. The minimum Gasteiger partial charge on any atom is -0.493 e. The third-order valence-corrected chi connectivity index (χ3v) is 5.25. The van der Waals surface area contributed by atoms with E-state index in [0.717, 1.165) is 5.56 Å². The lowest BCUT2D eigenvalue weighted by atomic mass is 9.95. The van der Waals surface area contributed by atoms with Crippen LogP contribution in [0.15, 0.2) is 53.7 Å². The van der Waals surface area contributed by atoms with Gasteiger partial charge < -0.3 is 19.9 Å². The molecule has 0 fully saturated rings. The number of rotatable bonds is 7. The first kappa shape index (κ1) is 21.4. The highest BCUT2D eigenvalue weighted by Gasteiger charge is 2.34. The normalized spacial score (nSPS) is 15.2. The number of carboxylic acids is 1. The SMILES string of the molecule is CCc1nc2n(n1)C(c1ccc(OCc3ccc(F)cc3)c(OC)c1)C(C(=O)O)=C(C)N2. The molecule has 8 nitrogen and oxygen atoms in total. The Morgan fingerprint density at radius 3 is 2.62 bits per heavy atom. The smallest absolute Gasteiger partial charge is 0.335 e. The lowest BCUT2D eigenvalue weighted by Gasteiger charge is -2.27. The van der Waals surface area contributed by atoms with Crippen molar-refractivity contribution in [2.45, 2.75) is 32.9 Å². The molecule has 1 aromatic heterocycles. The fourth-order valence-electron chi connectivity index (χ4n) is 3.65. The van der Waals surface area contributed by atoms with Gasteiger partial charge in [-0.1, -0.05) is 25.1 Å². The molecule has 3 aromatic rings. The molecule has 32 heavy (non-hydrogen) atoms. The van der Waals surface area contributed by atoms with Crippen LogP contribution < -0.4 is 14.8 Å². The van der Waals surface area contributed by atoms with Gasteiger partial charge in [0.15, 0.2) is 17.3 Å². The Kier molecular flexibility index (Phi) is 5.81. The van der Waals surface area contributed by atoms with Crippen LogP contribution in [0.5, 0.6) is 11.5 Å². The van der Waals surface area contributed by atoms with Gasteiger partial charge in [0, 0.05) is 12.1 Å². The number of aryl methyl sites for hydroxylation is 1. The lowest BCUT2D eigenvalue weighted by Crippen LogP contribution is -2.28. The minimum atomic E-state index is -1.05. The third kappa shape index (κ3) is 4.01. The van der Waals surface area contributed by atoms with E-state index >= 15 is 0 Å². The molecular formula is C23H23FN4O4. The number of aromatic nitrogens is 3.